The number of rotatable bonds is 23. The van der Waals surface area contributed by atoms with E-state index in [1.54, 1.807) is 60.7 Å². The fourth-order valence-corrected chi connectivity index (χ4v) is 9.66. The van der Waals surface area contributed by atoms with Gasteiger partial charge in [-0.2, -0.15) is 4.31 Å². The molecule has 5 aromatic carbocycles. The summed E-state index contributed by atoms with van der Waals surface area (Å²) in [6, 6.07) is 36.8. The number of carbonyl (C=O) groups excluding carboxylic acids is 1. The molecule has 60 heavy (non-hydrogen) atoms. The number of carbonyl (C=O) groups is 1. The Morgan fingerprint density at radius 2 is 1.38 bits per heavy atom. The Kier molecular flexibility index (Phi) is 15.6. The first kappa shape index (κ1) is 44.1. The molecule has 0 amide bonds. The average Bonchev–Trinajstić information content (AvgIpc) is 3.69. The molecule has 1 heterocycles. The second-order valence-electron chi connectivity index (χ2n) is 14.5. The first-order valence-electron chi connectivity index (χ1n) is 20.3. The van der Waals surface area contributed by atoms with Crippen LogP contribution in [0.15, 0.2) is 143 Å². The molecule has 11 nitrogen and oxygen atoms in total. The Hall–Kier alpha value is -5.47. The van der Waals surface area contributed by atoms with E-state index in [0.29, 0.717) is 29.9 Å². The van der Waals surface area contributed by atoms with Crippen LogP contribution in [0, 0.1) is 0 Å². The van der Waals surface area contributed by atoms with Crippen LogP contribution in [0.25, 0.3) is 10.9 Å². The highest BCUT2D eigenvalue weighted by atomic mass is 32.2. The van der Waals surface area contributed by atoms with Gasteiger partial charge in [0.1, 0.15) is 18.1 Å². The Morgan fingerprint density at radius 1 is 0.717 bits per heavy atom. The molecule has 13 heteroatoms. The number of nitrogens with one attached hydrogen (secondary N) is 2. The molecule has 316 valence electrons. The normalized spacial score (nSPS) is 12.4. The van der Waals surface area contributed by atoms with Crippen molar-refractivity contribution in [3.05, 3.63) is 156 Å². The minimum Gasteiger partial charge on any atom is -0.494 e. The van der Waals surface area contributed by atoms with Gasteiger partial charge in [-0.15, -0.1) is 0 Å². The molecule has 0 aliphatic rings. The van der Waals surface area contributed by atoms with Crippen LogP contribution in [-0.4, -0.2) is 58.9 Å². The molecule has 6 aromatic rings. The topological polar surface area (TPSA) is 144 Å². The van der Waals surface area contributed by atoms with Crippen LogP contribution in [0.3, 0.4) is 0 Å². The van der Waals surface area contributed by atoms with Crippen molar-refractivity contribution in [2.24, 2.45) is 0 Å². The van der Waals surface area contributed by atoms with E-state index in [2.05, 4.69) is 16.6 Å². The number of hydrogen-bond acceptors (Lipinski definition) is 8. The van der Waals surface area contributed by atoms with E-state index < -0.39 is 32.1 Å². The van der Waals surface area contributed by atoms with E-state index in [9.17, 15) is 21.6 Å². The lowest BCUT2D eigenvalue weighted by Crippen LogP contribution is -2.38. The predicted molar refractivity (Wildman–Crippen MR) is 234 cm³/mol. The summed E-state index contributed by atoms with van der Waals surface area (Å²) >= 11 is 0. The SMILES string of the molecule is CCCCCc1ccc(S(=O)(=O)NCCCOc2ccc(C(CC(=O)OC)N(CCc3c[nH]c4ccccc34)S(=O)(=O)c3ccc(COc4ccccc4)cc3)cc2)cc1. The molecule has 0 spiro atoms. The van der Waals surface area contributed by atoms with Crippen molar-refractivity contribution in [3.8, 4) is 11.5 Å². The molecule has 0 saturated heterocycles. The molecule has 2 N–H and O–H groups in total. The number of nitrogens with zero attached hydrogens (tertiary/aromatic N) is 1. The molecule has 0 saturated carbocycles. The number of aromatic amines is 1. The first-order valence-corrected chi connectivity index (χ1v) is 23.2. The van der Waals surface area contributed by atoms with Crippen molar-refractivity contribution in [1.82, 2.24) is 14.0 Å². The summed E-state index contributed by atoms with van der Waals surface area (Å²) in [6.07, 6.45) is 6.72. The summed E-state index contributed by atoms with van der Waals surface area (Å²) in [7, 11) is -6.56. The number of fused-ring (bicyclic) bond motifs is 1. The van der Waals surface area contributed by atoms with Crippen LogP contribution in [0.1, 0.15) is 67.3 Å². The van der Waals surface area contributed by atoms with Crippen LogP contribution in [0.4, 0.5) is 0 Å². The van der Waals surface area contributed by atoms with Gasteiger partial charge in [-0.25, -0.2) is 21.6 Å². The second kappa shape index (κ2) is 21.2. The number of aromatic nitrogens is 1. The molecule has 0 radical (unpaired) electrons. The van der Waals surface area contributed by atoms with Gasteiger partial charge in [0.15, 0.2) is 0 Å². The van der Waals surface area contributed by atoms with Crippen molar-refractivity contribution in [1.29, 1.82) is 0 Å². The summed E-state index contributed by atoms with van der Waals surface area (Å²) in [5, 5.41) is 0.989. The molecule has 0 fully saturated rings. The van der Waals surface area contributed by atoms with Gasteiger partial charge >= 0.3 is 5.97 Å². The number of hydrogen-bond donors (Lipinski definition) is 2. The number of H-pyrrole nitrogens is 1. The first-order chi connectivity index (χ1) is 29.1. The Balaban J connectivity index is 1.15. The third kappa shape index (κ3) is 11.8. The zero-order valence-electron chi connectivity index (χ0n) is 34.1. The predicted octanol–water partition coefficient (Wildman–Crippen LogP) is 8.76. The highest BCUT2D eigenvalue weighted by Gasteiger charge is 2.34. The minimum atomic E-state index is -4.18. The molecular weight excluding hydrogens is 799 g/mol. The van der Waals surface area contributed by atoms with E-state index >= 15 is 0 Å². The smallest absolute Gasteiger partial charge is 0.307 e. The van der Waals surface area contributed by atoms with Gasteiger partial charge in [0.05, 0.1) is 36.0 Å². The van der Waals surface area contributed by atoms with Crippen molar-refractivity contribution < 1.29 is 35.8 Å². The number of sulfonamides is 2. The number of ether oxygens (including phenoxy) is 3. The maximum Gasteiger partial charge on any atom is 0.307 e. The second-order valence-corrected chi connectivity index (χ2v) is 18.2. The van der Waals surface area contributed by atoms with Crippen molar-refractivity contribution >= 4 is 36.9 Å². The fourth-order valence-electron chi connectivity index (χ4n) is 6.97. The number of methoxy groups -OCH3 is 1. The fraction of sp³-hybridized carbons (Fsp3) is 0.298. The van der Waals surface area contributed by atoms with Gasteiger partial charge in [0, 0.05) is 30.2 Å². The van der Waals surface area contributed by atoms with Crippen molar-refractivity contribution in [2.45, 2.75) is 74.3 Å². The monoisotopic (exact) mass is 851 g/mol. The maximum absolute atomic E-state index is 14.7. The summed E-state index contributed by atoms with van der Waals surface area (Å²) in [5.41, 5.74) is 4.38. The lowest BCUT2D eigenvalue weighted by Gasteiger charge is -2.31. The molecule has 0 aliphatic heterocycles. The molecular formula is C47H53N3O8S2. The number of para-hydroxylation sites is 2. The zero-order valence-corrected chi connectivity index (χ0v) is 35.7. The summed E-state index contributed by atoms with van der Waals surface area (Å²) < 4.78 is 76.0. The molecule has 0 aliphatic carbocycles. The van der Waals surface area contributed by atoms with Crippen LogP contribution in [0.5, 0.6) is 11.5 Å². The number of unbranched alkanes of at least 4 members (excludes halogenated alkanes) is 2. The number of esters is 1. The molecule has 0 bridgehead atoms. The van der Waals surface area contributed by atoms with Gasteiger partial charge < -0.3 is 19.2 Å². The van der Waals surface area contributed by atoms with Crippen molar-refractivity contribution in [2.75, 3.05) is 26.8 Å². The summed E-state index contributed by atoms with van der Waals surface area (Å²) in [6.45, 7) is 2.91. The summed E-state index contributed by atoms with van der Waals surface area (Å²) in [4.78, 5) is 16.5. The van der Waals surface area contributed by atoms with E-state index in [4.69, 9.17) is 14.2 Å². The highest BCUT2D eigenvalue weighted by molar-refractivity contribution is 7.89. The van der Waals surface area contributed by atoms with Gasteiger partial charge in [0.2, 0.25) is 20.0 Å². The van der Waals surface area contributed by atoms with E-state index in [1.165, 1.54) is 11.4 Å². The zero-order chi connectivity index (χ0) is 42.4. The van der Waals surface area contributed by atoms with E-state index in [0.717, 1.165) is 53.3 Å². The molecule has 1 atom stereocenters. The Labute approximate surface area is 353 Å². The van der Waals surface area contributed by atoms with E-state index in [-0.39, 0.29) is 42.5 Å². The van der Waals surface area contributed by atoms with Gasteiger partial charge in [-0.1, -0.05) is 92.6 Å². The third-order valence-electron chi connectivity index (χ3n) is 10.3. The highest BCUT2D eigenvalue weighted by Crippen LogP contribution is 2.33. The summed E-state index contributed by atoms with van der Waals surface area (Å²) in [5.74, 6) is 0.655. The van der Waals surface area contributed by atoms with E-state index in [1.807, 2.05) is 72.9 Å². The lowest BCUT2D eigenvalue weighted by atomic mass is 10.0. The third-order valence-corrected chi connectivity index (χ3v) is 13.7. The molecule has 1 unspecified atom stereocenters. The van der Waals surface area contributed by atoms with Crippen LogP contribution >= 0.6 is 0 Å². The van der Waals surface area contributed by atoms with Crippen LogP contribution in [-0.2, 0) is 49.0 Å². The van der Waals surface area contributed by atoms with Gasteiger partial charge in [-0.05, 0) is 103 Å². The Bertz CT molecular complexity index is 2490. The number of benzene rings is 5. The van der Waals surface area contributed by atoms with Crippen LogP contribution < -0.4 is 14.2 Å². The largest absolute Gasteiger partial charge is 0.494 e. The van der Waals surface area contributed by atoms with Crippen molar-refractivity contribution in [3.63, 3.8) is 0 Å². The van der Waals surface area contributed by atoms with Crippen LogP contribution in [0.2, 0.25) is 0 Å². The molecule has 1 aromatic heterocycles. The Morgan fingerprint density at radius 3 is 2.10 bits per heavy atom. The maximum atomic E-state index is 14.7. The van der Waals surface area contributed by atoms with Gasteiger partial charge in [0.25, 0.3) is 0 Å². The quantitative estimate of drug-likeness (QED) is 0.0481. The average molecular weight is 852 g/mol. The lowest BCUT2D eigenvalue weighted by molar-refractivity contribution is -0.141. The number of aryl methyl sites for hydroxylation is 1. The van der Waals surface area contributed by atoms with Gasteiger partial charge in [-0.3, -0.25) is 4.79 Å². The minimum absolute atomic E-state index is 0.0714. The molecule has 6 rings (SSSR count). The standard InChI is InChI=1S/C47H53N3O8S2/c1-3-4-6-12-36-17-25-42(26-18-36)59(52,53)49-30-11-32-57-41-23-21-38(22-24-41)46(33-47(51)56-2)50(31-29-39-34-48-45-16-10-9-15-44(39)45)60(54,55)43-27-19-37(20-28-43)35-58-40-13-7-5-8-14-40/h5,7-10,13-28,34,46,48-49H,3-4,6,11-12,29-33,35H2,1-2H3.